The molecule has 2 rings (SSSR count). The summed E-state index contributed by atoms with van der Waals surface area (Å²) in [7, 11) is 0. The van der Waals surface area contributed by atoms with Gasteiger partial charge in [-0.2, -0.15) is 0 Å². The number of hydrogen-bond acceptors (Lipinski definition) is 2. The highest BCUT2D eigenvalue weighted by Crippen LogP contribution is 2.30. The molecule has 100 valence electrons. The first-order valence-corrected chi connectivity index (χ1v) is 7.72. The van der Waals surface area contributed by atoms with Gasteiger partial charge in [0.05, 0.1) is 5.56 Å². The van der Waals surface area contributed by atoms with Crippen LogP contribution in [-0.4, -0.2) is 17.8 Å². The molecule has 1 saturated carbocycles. The molecule has 18 heavy (non-hydrogen) atoms. The van der Waals surface area contributed by atoms with Gasteiger partial charge in [-0.15, -0.1) is 0 Å². The van der Waals surface area contributed by atoms with Gasteiger partial charge in [-0.3, -0.25) is 4.79 Å². The second-order valence-corrected chi connectivity index (χ2v) is 5.76. The van der Waals surface area contributed by atoms with Crippen molar-refractivity contribution in [2.24, 2.45) is 11.8 Å². The summed E-state index contributed by atoms with van der Waals surface area (Å²) in [6.45, 7) is 2.62. The minimum atomic E-state index is -0.0225. The lowest BCUT2D eigenvalue weighted by Gasteiger charge is -2.30. The zero-order chi connectivity index (χ0) is 13.0. The number of carbonyl (C=O) groups is 1. The number of nitrogens with one attached hydrogen (secondary N) is 1. The van der Waals surface area contributed by atoms with Crippen molar-refractivity contribution in [1.82, 2.24) is 5.32 Å². The Hall–Kier alpha value is -0.770. The summed E-state index contributed by atoms with van der Waals surface area (Å²) in [5.41, 5.74) is 0.624. The molecule has 1 N–H and O–H groups in total. The van der Waals surface area contributed by atoms with Crippen LogP contribution in [0.3, 0.4) is 0 Å². The molecule has 0 aliphatic heterocycles. The van der Waals surface area contributed by atoms with E-state index >= 15 is 0 Å². The highest BCUT2D eigenvalue weighted by atomic mass is 79.9. The van der Waals surface area contributed by atoms with Crippen LogP contribution in [0.2, 0.25) is 0 Å². The Labute approximate surface area is 116 Å². The lowest BCUT2D eigenvalue weighted by Crippen LogP contribution is -2.34. The number of halogens is 1. The molecular weight excluding hydrogens is 294 g/mol. The maximum Gasteiger partial charge on any atom is 0.254 e. The second-order valence-electron chi connectivity index (χ2n) is 5.11. The molecule has 1 fully saturated rings. The Balaban J connectivity index is 1.85. The molecule has 1 aromatic rings. The molecule has 2 atom stereocenters. The predicted octanol–water partition coefficient (Wildman–Crippen LogP) is 3.52. The number of amides is 1. The maximum atomic E-state index is 11.9. The van der Waals surface area contributed by atoms with Gasteiger partial charge in [-0.25, -0.2) is 0 Å². The van der Waals surface area contributed by atoms with Crippen molar-refractivity contribution in [3.8, 4) is 0 Å². The van der Waals surface area contributed by atoms with Crippen LogP contribution >= 0.6 is 15.9 Å². The van der Waals surface area contributed by atoms with Gasteiger partial charge in [0.15, 0.2) is 0 Å². The SMILES string of the molecule is Cc1cc(C(=O)NCC2CCCCC2CBr)co1. The number of alkyl halides is 1. The monoisotopic (exact) mass is 313 g/mol. The van der Waals surface area contributed by atoms with Gasteiger partial charge >= 0.3 is 0 Å². The molecule has 0 radical (unpaired) electrons. The summed E-state index contributed by atoms with van der Waals surface area (Å²) in [4.78, 5) is 11.9. The van der Waals surface area contributed by atoms with Gasteiger partial charge in [0.2, 0.25) is 0 Å². The van der Waals surface area contributed by atoms with Crippen molar-refractivity contribution in [1.29, 1.82) is 0 Å². The summed E-state index contributed by atoms with van der Waals surface area (Å²) in [6, 6.07) is 1.78. The van der Waals surface area contributed by atoms with Crippen molar-refractivity contribution < 1.29 is 9.21 Å². The number of carbonyl (C=O) groups excluding carboxylic acids is 1. The predicted molar refractivity (Wildman–Crippen MR) is 75.0 cm³/mol. The molecule has 0 saturated heterocycles. The minimum Gasteiger partial charge on any atom is -0.469 e. The van der Waals surface area contributed by atoms with Crippen LogP contribution < -0.4 is 5.32 Å². The molecule has 4 heteroatoms. The second kappa shape index (κ2) is 6.41. The Bertz CT molecular complexity index is 402. The third kappa shape index (κ3) is 3.37. The average Bonchev–Trinajstić information content (AvgIpc) is 2.83. The fourth-order valence-corrected chi connectivity index (χ4v) is 3.50. The third-order valence-electron chi connectivity index (χ3n) is 3.78. The normalized spacial score (nSPS) is 23.9. The first-order valence-electron chi connectivity index (χ1n) is 6.60. The van der Waals surface area contributed by atoms with Gasteiger partial charge in [0.1, 0.15) is 12.0 Å². The summed E-state index contributed by atoms with van der Waals surface area (Å²) in [5, 5.41) is 4.07. The lowest BCUT2D eigenvalue weighted by molar-refractivity contribution is 0.0936. The van der Waals surface area contributed by atoms with E-state index in [-0.39, 0.29) is 5.91 Å². The Morgan fingerprint density at radius 1 is 1.44 bits per heavy atom. The Kier molecular flexibility index (Phi) is 4.87. The van der Waals surface area contributed by atoms with E-state index in [0.717, 1.165) is 17.6 Å². The van der Waals surface area contributed by atoms with Crippen molar-refractivity contribution >= 4 is 21.8 Å². The minimum absolute atomic E-state index is 0.0225. The van der Waals surface area contributed by atoms with E-state index in [4.69, 9.17) is 4.42 Å². The first kappa shape index (κ1) is 13.7. The first-order chi connectivity index (χ1) is 8.70. The fraction of sp³-hybridized carbons (Fsp3) is 0.643. The van der Waals surface area contributed by atoms with Gasteiger partial charge < -0.3 is 9.73 Å². The molecule has 3 nitrogen and oxygen atoms in total. The summed E-state index contributed by atoms with van der Waals surface area (Å²) >= 11 is 3.58. The van der Waals surface area contributed by atoms with Crippen LogP contribution in [0.1, 0.15) is 41.8 Å². The number of furan rings is 1. The van der Waals surface area contributed by atoms with E-state index in [2.05, 4.69) is 21.2 Å². The molecule has 1 aliphatic carbocycles. The molecule has 1 amide bonds. The molecule has 1 heterocycles. The molecule has 1 aliphatic rings. The molecule has 0 spiro atoms. The van der Waals surface area contributed by atoms with Crippen molar-refractivity contribution in [2.45, 2.75) is 32.6 Å². The third-order valence-corrected chi connectivity index (χ3v) is 4.61. The highest BCUT2D eigenvalue weighted by molar-refractivity contribution is 9.09. The standard InChI is InChI=1S/C14H20BrNO2/c1-10-6-13(9-18-10)14(17)16-8-12-5-3-2-4-11(12)7-15/h6,9,11-12H,2-5,7-8H2,1H3,(H,16,17). The van der Waals surface area contributed by atoms with Crippen LogP contribution in [0.15, 0.2) is 16.7 Å². The Morgan fingerprint density at radius 3 is 2.78 bits per heavy atom. The van der Waals surface area contributed by atoms with E-state index in [1.54, 1.807) is 6.07 Å². The average molecular weight is 314 g/mol. The van der Waals surface area contributed by atoms with Crippen molar-refractivity contribution in [3.63, 3.8) is 0 Å². The van der Waals surface area contributed by atoms with E-state index in [1.165, 1.54) is 31.9 Å². The van der Waals surface area contributed by atoms with Crippen molar-refractivity contribution in [2.75, 3.05) is 11.9 Å². The largest absolute Gasteiger partial charge is 0.469 e. The van der Waals surface area contributed by atoms with E-state index in [1.807, 2.05) is 6.92 Å². The van der Waals surface area contributed by atoms with Crippen LogP contribution in [0, 0.1) is 18.8 Å². The van der Waals surface area contributed by atoms with Gasteiger partial charge in [-0.1, -0.05) is 28.8 Å². The fourth-order valence-electron chi connectivity index (χ4n) is 2.64. The van der Waals surface area contributed by atoms with Gasteiger partial charge in [0.25, 0.3) is 5.91 Å². The zero-order valence-electron chi connectivity index (χ0n) is 10.7. The van der Waals surface area contributed by atoms with Crippen LogP contribution in [0.25, 0.3) is 0 Å². The maximum absolute atomic E-state index is 11.9. The zero-order valence-corrected chi connectivity index (χ0v) is 12.3. The molecule has 2 unspecified atom stereocenters. The summed E-state index contributed by atoms with van der Waals surface area (Å²) < 4.78 is 5.15. The topological polar surface area (TPSA) is 42.2 Å². The number of rotatable bonds is 4. The van der Waals surface area contributed by atoms with Crippen LogP contribution in [0.4, 0.5) is 0 Å². The van der Waals surface area contributed by atoms with Crippen LogP contribution in [-0.2, 0) is 0 Å². The smallest absolute Gasteiger partial charge is 0.254 e. The number of aryl methyl sites for hydroxylation is 1. The molecular formula is C14H20BrNO2. The summed E-state index contributed by atoms with van der Waals surface area (Å²) in [6.07, 6.45) is 6.63. The van der Waals surface area contributed by atoms with Crippen LogP contribution in [0.5, 0.6) is 0 Å². The lowest BCUT2D eigenvalue weighted by atomic mass is 9.80. The number of hydrogen-bond donors (Lipinski definition) is 1. The van der Waals surface area contributed by atoms with E-state index in [0.29, 0.717) is 17.4 Å². The van der Waals surface area contributed by atoms with Crippen molar-refractivity contribution in [3.05, 3.63) is 23.7 Å². The molecule has 0 bridgehead atoms. The summed E-state index contributed by atoms with van der Waals surface area (Å²) in [5.74, 6) is 2.06. The Morgan fingerprint density at radius 2 is 2.17 bits per heavy atom. The van der Waals surface area contributed by atoms with Gasteiger partial charge in [-0.05, 0) is 37.7 Å². The molecule has 0 aromatic carbocycles. The van der Waals surface area contributed by atoms with E-state index in [9.17, 15) is 4.79 Å². The van der Waals surface area contributed by atoms with E-state index < -0.39 is 0 Å². The quantitative estimate of drug-likeness (QED) is 0.864. The highest BCUT2D eigenvalue weighted by Gasteiger charge is 2.24. The van der Waals surface area contributed by atoms with Gasteiger partial charge in [0, 0.05) is 11.9 Å². The molecule has 1 aromatic heterocycles.